The van der Waals surface area contributed by atoms with Gasteiger partial charge in [0.15, 0.2) is 0 Å². The highest BCUT2D eigenvalue weighted by molar-refractivity contribution is 5.74. The lowest BCUT2D eigenvalue weighted by atomic mass is 10.0. The minimum absolute atomic E-state index is 0.0247. The van der Waals surface area contributed by atoms with Crippen molar-refractivity contribution in [1.82, 2.24) is 15.5 Å². The number of likely N-dealkylation sites (tertiary alicyclic amines) is 1. The van der Waals surface area contributed by atoms with Crippen LogP contribution in [-0.2, 0) is 6.42 Å². The Labute approximate surface area is 146 Å². The number of unbranched alkanes of at least 4 members (excludes halogenated alkanes) is 1. The number of nitrogens with zero attached hydrogens (tertiary/aromatic N) is 1. The molecule has 24 heavy (non-hydrogen) atoms. The summed E-state index contributed by atoms with van der Waals surface area (Å²) in [5, 5.41) is 6.14. The first-order valence-corrected chi connectivity index (χ1v) is 9.57. The summed E-state index contributed by atoms with van der Waals surface area (Å²) in [4.78, 5) is 14.7. The van der Waals surface area contributed by atoms with Crippen molar-refractivity contribution in [2.45, 2.75) is 51.5 Å². The third kappa shape index (κ3) is 4.73. The van der Waals surface area contributed by atoms with Gasteiger partial charge < -0.3 is 15.5 Å². The summed E-state index contributed by atoms with van der Waals surface area (Å²) in [6.45, 7) is 6.78. The normalized spacial score (nSPS) is 23.7. The van der Waals surface area contributed by atoms with Gasteiger partial charge in [-0.25, -0.2) is 4.79 Å². The van der Waals surface area contributed by atoms with Gasteiger partial charge >= 0.3 is 6.03 Å². The highest BCUT2D eigenvalue weighted by Gasteiger charge is 2.23. The molecule has 2 aliphatic rings. The minimum Gasteiger partial charge on any atom is -0.338 e. The van der Waals surface area contributed by atoms with Crippen LogP contribution in [0.2, 0.25) is 0 Å². The number of hydrogen-bond acceptors (Lipinski definition) is 2. The lowest BCUT2D eigenvalue weighted by Gasteiger charge is -2.30. The number of nitrogens with one attached hydrogen (secondary N) is 2. The van der Waals surface area contributed by atoms with Crippen LogP contribution in [0.1, 0.15) is 56.2 Å². The van der Waals surface area contributed by atoms with Crippen LogP contribution in [0.25, 0.3) is 0 Å². The number of rotatable bonds is 6. The molecule has 1 aliphatic carbocycles. The first-order valence-electron chi connectivity index (χ1n) is 9.57. The predicted molar refractivity (Wildman–Crippen MR) is 98.1 cm³/mol. The van der Waals surface area contributed by atoms with E-state index in [-0.39, 0.29) is 12.1 Å². The molecular weight excluding hydrogens is 298 g/mol. The van der Waals surface area contributed by atoms with Crippen LogP contribution in [0.3, 0.4) is 0 Å². The van der Waals surface area contributed by atoms with E-state index in [4.69, 9.17) is 0 Å². The van der Waals surface area contributed by atoms with Crippen molar-refractivity contribution in [3.63, 3.8) is 0 Å². The summed E-state index contributed by atoms with van der Waals surface area (Å²) >= 11 is 0. The van der Waals surface area contributed by atoms with Gasteiger partial charge in [0.25, 0.3) is 0 Å². The highest BCUT2D eigenvalue weighted by atomic mass is 16.2. The van der Waals surface area contributed by atoms with Crippen molar-refractivity contribution < 1.29 is 4.79 Å². The second kappa shape index (κ2) is 8.52. The van der Waals surface area contributed by atoms with E-state index in [2.05, 4.69) is 46.7 Å². The Morgan fingerprint density at radius 3 is 3.00 bits per heavy atom. The van der Waals surface area contributed by atoms with Crippen LogP contribution in [0, 0.1) is 5.92 Å². The summed E-state index contributed by atoms with van der Waals surface area (Å²) in [6.07, 6.45) is 7.02. The van der Waals surface area contributed by atoms with Crippen LogP contribution in [0.15, 0.2) is 24.3 Å². The predicted octanol–water partition coefficient (Wildman–Crippen LogP) is 3.49. The largest absolute Gasteiger partial charge is 0.338 e. The Balaban J connectivity index is 1.29. The number of fused-ring (bicyclic) bond motifs is 1. The standard InChI is InChI=1S/C20H31N3O/c1-16-7-6-14-23(15-16)13-5-4-12-21-20(24)22-19-11-10-17-8-2-3-9-18(17)19/h2-3,8-9,16,19H,4-7,10-15H2,1H3,(H2,21,22,24)/t16-,19+/m0/s1. The molecule has 0 saturated carbocycles. The van der Waals surface area contributed by atoms with Crippen molar-refractivity contribution in [3.05, 3.63) is 35.4 Å². The van der Waals surface area contributed by atoms with Gasteiger partial charge in [-0.05, 0) is 68.7 Å². The van der Waals surface area contributed by atoms with Gasteiger partial charge in [-0.15, -0.1) is 0 Å². The van der Waals surface area contributed by atoms with Crippen LogP contribution >= 0.6 is 0 Å². The number of hydrogen-bond donors (Lipinski definition) is 2. The van der Waals surface area contributed by atoms with Crippen LogP contribution in [0.5, 0.6) is 0 Å². The number of amides is 2. The van der Waals surface area contributed by atoms with Crippen LogP contribution < -0.4 is 10.6 Å². The second-order valence-corrected chi connectivity index (χ2v) is 7.45. The molecular formula is C20H31N3O. The van der Waals surface area contributed by atoms with E-state index < -0.39 is 0 Å². The molecule has 2 N–H and O–H groups in total. The molecule has 2 amide bonds. The fourth-order valence-electron chi connectivity index (χ4n) is 4.07. The van der Waals surface area contributed by atoms with Gasteiger partial charge in [-0.1, -0.05) is 31.2 Å². The molecule has 1 aromatic carbocycles. The summed E-state index contributed by atoms with van der Waals surface area (Å²) < 4.78 is 0. The number of piperidine rings is 1. The minimum atomic E-state index is -0.0247. The zero-order valence-electron chi connectivity index (χ0n) is 14.9. The van der Waals surface area contributed by atoms with Crippen molar-refractivity contribution in [2.75, 3.05) is 26.2 Å². The van der Waals surface area contributed by atoms with Gasteiger partial charge in [-0.2, -0.15) is 0 Å². The SMILES string of the molecule is C[C@H]1CCCN(CCCCNC(=O)N[C@@H]2CCc3ccccc32)C1. The Hall–Kier alpha value is -1.55. The maximum atomic E-state index is 12.1. The monoisotopic (exact) mass is 329 g/mol. The fourth-order valence-corrected chi connectivity index (χ4v) is 4.07. The van der Waals surface area contributed by atoms with E-state index in [1.54, 1.807) is 0 Å². The Morgan fingerprint density at radius 2 is 2.12 bits per heavy atom. The van der Waals surface area contributed by atoms with E-state index in [0.29, 0.717) is 0 Å². The highest BCUT2D eigenvalue weighted by Crippen LogP contribution is 2.30. The van der Waals surface area contributed by atoms with E-state index >= 15 is 0 Å². The topological polar surface area (TPSA) is 44.4 Å². The van der Waals surface area contributed by atoms with Gasteiger partial charge in [0.05, 0.1) is 6.04 Å². The molecule has 0 radical (unpaired) electrons. The van der Waals surface area contributed by atoms with Gasteiger partial charge in [0.2, 0.25) is 0 Å². The molecule has 132 valence electrons. The number of benzene rings is 1. The summed E-state index contributed by atoms with van der Waals surface area (Å²) in [5.41, 5.74) is 2.66. The lowest BCUT2D eigenvalue weighted by Crippen LogP contribution is -2.38. The number of carbonyl (C=O) groups excluding carboxylic acids is 1. The molecule has 1 fully saturated rings. The number of carbonyl (C=O) groups is 1. The first kappa shape index (κ1) is 17.3. The number of urea groups is 1. The molecule has 0 unspecified atom stereocenters. The average Bonchev–Trinajstić information content (AvgIpc) is 2.98. The molecule has 0 bridgehead atoms. The zero-order chi connectivity index (χ0) is 16.8. The van der Waals surface area contributed by atoms with Crippen molar-refractivity contribution >= 4 is 6.03 Å². The third-order valence-corrected chi connectivity index (χ3v) is 5.37. The summed E-state index contributed by atoms with van der Waals surface area (Å²) in [5.74, 6) is 0.844. The summed E-state index contributed by atoms with van der Waals surface area (Å²) in [6, 6.07) is 8.57. The molecule has 1 aromatic rings. The van der Waals surface area contributed by atoms with E-state index in [0.717, 1.165) is 31.7 Å². The second-order valence-electron chi connectivity index (χ2n) is 7.45. The molecule has 1 saturated heterocycles. The maximum Gasteiger partial charge on any atom is 0.315 e. The Bertz CT molecular complexity index is 545. The van der Waals surface area contributed by atoms with Gasteiger partial charge in [0, 0.05) is 13.1 Å². The van der Waals surface area contributed by atoms with Crippen LogP contribution in [0.4, 0.5) is 4.79 Å². The fraction of sp³-hybridized carbons (Fsp3) is 0.650. The summed E-state index contributed by atoms with van der Waals surface area (Å²) in [7, 11) is 0. The van der Waals surface area contributed by atoms with E-state index in [1.807, 2.05) is 0 Å². The average molecular weight is 329 g/mol. The molecule has 4 nitrogen and oxygen atoms in total. The van der Waals surface area contributed by atoms with Crippen molar-refractivity contribution in [2.24, 2.45) is 5.92 Å². The van der Waals surface area contributed by atoms with Gasteiger partial charge in [0.1, 0.15) is 0 Å². The number of aryl methyl sites for hydroxylation is 1. The lowest BCUT2D eigenvalue weighted by molar-refractivity contribution is 0.181. The molecule has 0 spiro atoms. The quantitative estimate of drug-likeness (QED) is 0.785. The molecule has 2 atom stereocenters. The van der Waals surface area contributed by atoms with E-state index in [1.165, 1.54) is 50.0 Å². The van der Waals surface area contributed by atoms with Crippen LogP contribution in [-0.4, -0.2) is 37.1 Å². The van der Waals surface area contributed by atoms with Crippen molar-refractivity contribution in [1.29, 1.82) is 0 Å². The Morgan fingerprint density at radius 1 is 1.25 bits per heavy atom. The Kier molecular flexibility index (Phi) is 6.13. The molecule has 1 aliphatic heterocycles. The molecule has 0 aromatic heterocycles. The molecule has 3 rings (SSSR count). The van der Waals surface area contributed by atoms with Crippen molar-refractivity contribution in [3.8, 4) is 0 Å². The molecule has 1 heterocycles. The maximum absolute atomic E-state index is 12.1. The third-order valence-electron chi connectivity index (χ3n) is 5.37. The molecule has 4 heteroatoms. The van der Waals surface area contributed by atoms with Gasteiger partial charge in [-0.3, -0.25) is 0 Å². The first-order chi connectivity index (χ1) is 11.7. The smallest absolute Gasteiger partial charge is 0.315 e. The van der Waals surface area contributed by atoms with E-state index in [9.17, 15) is 4.79 Å². The zero-order valence-corrected chi connectivity index (χ0v) is 14.9.